The molecule has 0 aliphatic rings. The molecular weight excluding hydrogens is 287 g/mol. The molecule has 0 aromatic carbocycles. The summed E-state index contributed by atoms with van der Waals surface area (Å²) in [5.41, 5.74) is 0. The van der Waals surface area contributed by atoms with Gasteiger partial charge in [0.1, 0.15) is 6.10 Å². The van der Waals surface area contributed by atoms with Crippen molar-refractivity contribution in [2.45, 2.75) is 18.9 Å². The second-order valence-corrected chi connectivity index (χ2v) is 5.98. The van der Waals surface area contributed by atoms with Crippen molar-refractivity contribution in [3.8, 4) is 5.75 Å². The number of hydrogen-bond donors (Lipinski definition) is 1. The van der Waals surface area contributed by atoms with Crippen molar-refractivity contribution in [3.63, 3.8) is 0 Å². The number of thiophene rings is 2. The summed E-state index contributed by atoms with van der Waals surface area (Å²) in [7, 11) is 1.38. The average molecular weight is 300 g/mol. The van der Waals surface area contributed by atoms with E-state index in [1.807, 2.05) is 17.5 Å². The lowest BCUT2D eigenvalue weighted by molar-refractivity contribution is -0.126. The lowest BCUT2D eigenvalue weighted by atomic mass is 10.1. The van der Waals surface area contributed by atoms with E-state index in [0.29, 0.717) is 4.88 Å². The fourth-order valence-corrected chi connectivity index (χ4v) is 3.25. The van der Waals surface area contributed by atoms with E-state index in [0.717, 1.165) is 16.2 Å². The molecule has 0 aliphatic carbocycles. The minimum absolute atomic E-state index is 0.105. The number of aliphatic hydroxyl groups is 1. The van der Waals surface area contributed by atoms with Crippen molar-refractivity contribution >= 4 is 28.5 Å². The van der Waals surface area contributed by atoms with E-state index >= 15 is 0 Å². The first-order valence-corrected chi connectivity index (χ1v) is 7.40. The second-order valence-electron chi connectivity index (χ2n) is 3.98. The van der Waals surface area contributed by atoms with Crippen LogP contribution in [0.3, 0.4) is 0 Å². The molecule has 3 nitrogen and oxygen atoms in total. The highest BCUT2D eigenvalue weighted by molar-refractivity contribution is 7.10. The summed E-state index contributed by atoms with van der Waals surface area (Å²) in [5.74, 6) is -0.749. The molecule has 0 aliphatic heterocycles. The Bertz CT molecular complexity index is 548. The lowest BCUT2D eigenvalue weighted by Gasteiger charge is -2.07. The Morgan fingerprint density at radius 3 is 2.89 bits per heavy atom. The van der Waals surface area contributed by atoms with E-state index in [-0.39, 0.29) is 24.4 Å². The van der Waals surface area contributed by atoms with Crippen molar-refractivity contribution in [1.29, 1.82) is 0 Å². The van der Waals surface area contributed by atoms with Crippen LogP contribution in [0.5, 0.6) is 5.75 Å². The van der Waals surface area contributed by atoms with Crippen LogP contribution in [-0.2, 0) is 17.6 Å². The number of Topliss-reactive ketones (excluding diaryl/α,β-unsaturated/α-hetero) is 1. The zero-order valence-electron chi connectivity index (χ0n) is 10.3. The second kappa shape index (κ2) is 6.27. The van der Waals surface area contributed by atoms with E-state index in [9.17, 15) is 14.3 Å². The number of carbonyl (C=O) groups is 1. The predicted octanol–water partition coefficient (Wildman–Crippen LogP) is 2.67. The molecule has 0 bridgehead atoms. The number of aliphatic hydroxyl groups excluding tert-OH is 1. The highest BCUT2D eigenvalue weighted by Crippen LogP contribution is 2.28. The van der Waals surface area contributed by atoms with Crippen LogP contribution in [0.1, 0.15) is 9.75 Å². The highest BCUT2D eigenvalue weighted by atomic mass is 32.1. The fraction of sp³-hybridized carbons (Fsp3) is 0.308. The van der Waals surface area contributed by atoms with Gasteiger partial charge in [-0.25, -0.2) is 4.39 Å². The minimum atomic E-state index is -1.09. The molecule has 0 fully saturated rings. The molecule has 0 radical (unpaired) electrons. The molecule has 0 spiro atoms. The minimum Gasteiger partial charge on any atom is -0.493 e. The molecule has 0 amide bonds. The Labute approximate surface area is 118 Å². The maximum absolute atomic E-state index is 13.7. The summed E-state index contributed by atoms with van der Waals surface area (Å²) in [6, 6.07) is 3.72. The van der Waals surface area contributed by atoms with Gasteiger partial charge < -0.3 is 9.84 Å². The molecule has 2 rings (SSSR count). The molecule has 1 unspecified atom stereocenters. The van der Waals surface area contributed by atoms with E-state index in [4.69, 9.17) is 4.74 Å². The Hall–Kier alpha value is -1.24. The molecule has 102 valence electrons. The maximum Gasteiger partial charge on any atom is 0.179 e. The maximum atomic E-state index is 13.7. The highest BCUT2D eigenvalue weighted by Gasteiger charge is 2.21. The normalized spacial score (nSPS) is 12.4. The Kier molecular flexibility index (Phi) is 4.68. The van der Waals surface area contributed by atoms with Gasteiger partial charge in [0.2, 0.25) is 0 Å². The standard InChI is InChI=1S/C13H13FO3S2/c1-17-11-7-19-12(13(11)14)6-10(16)9(15)5-8-3-2-4-18-8/h2-4,7,9,15H,5-6H2,1H3. The largest absolute Gasteiger partial charge is 0.493 e. The van der Waals surface area contributed by atoms with Gasteiger partial charge in [0.05, 0.1) is 12.0 Å². The van der Waals surface area contributed by atoms with Crippen molar-refractivity contribution in [2.24, 2.45) is 0 Å². The molecule has 2 aromatic rings. The zero-order chi connectivity index (χ0) is 13.8. The predicted molar refractivity (Wildman–Crippen MR) is 73.6 cm³/mol. The lowest BCUT2D eigenvalue weighted by Crippen LogP contribution is -2.24. The average Bonchev–Trinajstić information content (AvgIpc) is 3.00. The van der Waals surface area contributed by atoms with E-state index in [1.165, 1.54) is 23.8 Å². The number of hydrogen-bond acceptors (Lipinski definition) is 5. The quantitative estimate of drug-likeness (QED) is 0.892. The summed E-state index contributed by atoms with van der Waals surface area (Å²) in [6.07, 6.45) is -0.918. The van der Waals surface area contributed by atoms with E-state index in [1.54, 1.807) is 0 Å². The molecule has 19 heavy (non-hydrogen) atoms. The number of ether oxygens (including phenoxy) is 1. The first-order valence-electron chi connectivity index (χ1n) is 5.64. The number of halogens is 1. The van der Waals surface area contributed by atoms with Crippen LogP contribution in [0.2, 0.25) is 0 Å². The number of carbonyl (C=O) groups excluding carboxylic acids is 1. The number of rotatable bonds is 6. The van der Waals surface area contributed by atoms with Gasteiger partial charge >= 0.3 is 0 Å². The summed E-state index contributed by atoms with van der Waals surface area (Å²) >= 11 is 2.61. The van der Waals surface area contributed by atoms with Gasteiger partial charge in [-0.1, -0.05) is 6.07 Å². The van der Waals surface area contributed by atoms with Gasteiger partial charge in [0, 0.05) is 23.1 Å². The topological polar surface area (TPSA) is 46.5 Å². The summed E-state index contributed by atoms with van der Waals surface area (Å²) in [5, 5.41) is 13.2. The van der Waals surface area contributed by atoms with Gasteiger partial charge in [0.25, 0.3) is 0 Å². The van der Waals surface area contributed by atoms with E-state index < -0.39 is 11.9 Å². The first kappa shape index (κ1) is 14.2. The van der Waals surface area contributed by atoms with Gasteiger partial charge in [-0.05, 0) is 11.4 Å². The number of ketones is 1. The third kappa shape index (κ3) is 3.40. The molecule has 1 atom stereocenters. The molecule has 0 saturated heterocycles. The van der Waals surface area contributed by atoms with Crippen molar-refractivity contribution in [3.05, 3.63) is 38.5 Å². The molecule has 2 aromatic heterocycles. The van der Waals surface area contributed by atoms with Crippen LogP contribution >= 0.6 is 22.7 Å². The smallest absolute Gasteiger partial charge is 0.179 e. The number of methoxy groups -OCH3 is 1. The van der Waals surface area contributed by atoms with Crippen molar-refractivity contribution in [1.82, 2.24) is 0 Å². The molecule has 2 heterocycles. The van der Waals surface area contributed by atoms with Crippen LogP contribution in [0.25, 0.3) is 0 Å². The molecule has 6 heteroatoms. The van der Waals surface area contributed by atoms with Gasteiger partial charge in [-0.15, -0.1) is 22.7 Å². The third-order valence-electron chi connectivity index (χ3n) is 2.67. The fourth-order valence-electron chi connectivity index (χ4n) is 1.63. The third-order valence-corrected chi connectivity index (χ3v) is 4.51. The van der Waals surface area contributed by atoms with Crippen LogP contribution in [0.4, 0.5) is 4.39 Å². The Morgan fingerprint density at radius 2 is 2.32 bits per heavy atom. The Balaban J connectivity index is 1.98. The van der Waals surface area contributed by atoms with Crippen LogP contribution < -0.4 is 4.74 Å². The summed E-state index contributed by atoms with van der Waals surface area (Å²) in [6.45, 7) is 0. The molecule has 0 saturated carbocycles. The van der Waals surface area contributed by atoms with Crippen molar-refractivity contribution in [2.75, 3.05) is 7.11 Å². The van der Waals surface area contributed by atoms with Crippen LogP contribution in [0, 0.1) is 5.82 Å². The van der Waals surface area contributed by atoms with Crippen molar-refractivity contribution < 1.29 is 19.0 Å². The Morgan fingerprint density at radius 1 is 1.53 bits per heavy atom. The van der Waals surface area contributed by atoms with Crippen LogP contribution in [-0.4, -0.2) is 24.1 Å². The van der Waals surface area contributed by atoms with E-state index in [2.05, 4.69) is 0 Å². The van der Waals surface area contributed by atoms with Gasteiger partial charge in [-0.3, -0.25) is 4.79 Å². The SMILES string of the molecule is COc1csc(CC(=O)C(O)Cc2cccs2)c1F. The zero-order valence-corrected chi connectivity index (χ0v) is 11.9. The monoisotopic (exact) mass is 300 g/mol. The van der Waals surface area contributed by atoms with Gasteiger partial charge in [-0.2, -0.15) is 0 Å². The van der Waals surface area contributed by atoms with Crippen LogP contribution in [0.15, 0.2) is 22.9 Å². The summed E-state index contributed by atoms with van der Waals surface area (Å²) < 4.78 is 18.5. The van der Waals surface area contributed by atoms with Gasteiger partial charge in [0.15, 0.2) is 17.3 Å². The summed E-state index contributed by atoms with van der Waals surface area (Å²) in [4.78, 5) is 13.1. The molecular formula is C13H13FO3S2. The first-order chi connectivity index (χ1) is 9.11. The molecule has 1 N–H and O–H groups in total.